The highest BCUT2D eigenvalue weighted by Gasteiger charge is 2.30. The molecule has 1 aromatic heterocycles. The van der Waals surface area contributed by atoms with E-state index in [0.717, 1.165) is 30.6 Å². The van der Waals surface area contributed by atoms with Gasteiger partial charge < -0.3 is 10.4 Å². The van der Waals surface area contributed by atoms with Crippen LogP contribution in [0.4, 0.5) is 0 Å². The summed E-state index contributed by atoms with van der Waals surface area (Å²) < 4.78 is 0. The van der Waals surface area contributed by atoms with Crippen molar-refractivity contribution in [3.63, 3.8) is 0 Å². The molecule has 0 bridgehead atoms. The number of carbonyl (C=O) groups excluding carboxylic acids is 1. The third kappa shape index (κ3) is 3.04. The maximum Gasteiger partial charge on any atom is 0.345 e. The van der Waals surface area contributed by atoms with E-state index in [1.807, 2.05) is 18.2 Å². The summed E-state index contributed by atoms with van der Waals surface area (Å²) in [6.45, 7) is 0. The number of carboxylic acids is 1. The van der Waals surface area contributed by atoms with Crippen molar-refractivity contribution in [1.82, 2.24) is 5.32 Å². The number of carboxylic acid groups (broad SMARTS) is 1. The lowest BCUT2D eigenvalue weighted by Gasteiger charge is -2.21. The fraction of sp³-hybridized carbons (Fsp3) is 0.294. The van der Waals surface area contributed by atoms with Crippen LogP contribution in [0.15, 0.2) is 42.5 Å². The van der Waals surface area contributed by atoms with Crippen molar-refractivity contribution in [2.45, 2.75) is 31.2 Å². The molecule has 114 valence electrons. The number of amides is 1. The molecular weight excluding hydrogens is 298 g/mol. The molecule has 1 aromatic carbocycles. The van der Waals surface area contributed by atoms with Crippen molar-refractivity contribution < 1.29 is 14.7 Å². The molecule has 0 unspecified atom stereocenters. The Morgan fingerprint density at radius 3 is 2.45 bits per heavy atom. The van der Waals surface area contributed by atoms with Gasteiger partial charge in [0.25, 0.3) is 5.91 Å². The summed E-state index contributed by atoms with van der Waals surface area (Å²) in [6.07, 6.45) is 3.12. The first kappa shape index (κ1) is 14.8. The predicted molar refractivity (Wildman–Crippen MR) is 85.6 cm³/mol. The Morgan fingerprint density at radius 1 is 1.05 bits per heavy atom. The first-order chi connectivity index (χ1) is 10.6. The van der Waals surface area contributed by atoms with Crippen LogP contribution in [0.25, 0.3) is 0 Å². The third-order valence-corrected chi connectivity index (χ3v) is 5.17. The lowest BCUT2D eigenvalue weighted by molar-refractivity contribution is 0.0702. The van der Waals surface area contributed by atoms with Crippen LogP contribution in [0.2, 0.25) is 0 Å². The van der Waals surface area contributed by atoms with Crippen LogP contribution >= 0.6 is 11.3 Å². The molecule has 1 saturated carbocycles. The second-order valence-electron chi connectivity index (χ2n) is 5.50. The van der Waals surface area contributed by atoms with Crippen molar-refractivity contribution in [2.75, 3.05) is 0 Å². The first-order valence-corrected chi connectivity index (χ1v) is 8.16. The van der Waals surface area contributed by atoms with Crippen LogP contribution in [-0.4, -0.2) is 23.0 Å². The number of carbonyl (C=O) groups is 2. The number of nitrogens with one attached hydrogen (secondary N) is 1. The van der Waals surface area contributed by atoms with Crippen LogP contribution in [0, 0.1) is 0 Å². The van der Waals surface area contributed by atoms with E-state index >= 15 is 0 Å². The highest BCUT2D eigenvalue weighted by atomic mass is 32.1. The molecule has 1 aliphatic carbocycles. The van der Waals surface area contributed by atoms with E-state index in [4.69, 9.17) is 5.11 Å². The van der Waals surface area contributed by atoms with E-state index < -0.39 is 5.97 Å². The molecular formula is C17H17NO3S. The maximum atomic E-state index is 12.3. The Morgan fingerprint density at radius 2 is 1.77 bits per heavy atom. The summed E-state index contributed by atoms with van der Waals surface area (Å²) in [5.74, 6) is -0.832. The summed E-state index contributed by atoms with van der Waals surface area (Å²) in [5.41, 5.74) is 1.25. The standard InChI is InChI=1S/C17H17NO3S/c19-16(14-9-10-15(22-14)17(20)21)18-13-8-4-7-12(13)11-5-2-1-3-6-11/h1-3,5-6,9-10,12-13H,4,7-8H2,(H,18,19)(H,20,21)/t12-,13+/m0/s1. The van der Waals surface area contributed by atoms with E-state index in [2.05, 4.69) is 17.4 Å². The number of hydrogen-bond donors (Lipinski definition) is 2. The second-order valence-corrected chi connectivity index (χ2v) is 6.58. The Bertz CT molecular complexity index is 680. The summed E-state index contributed by atoms with van der Waals surface area (Å²) in [4.78, 5) is 23.9. The minimum Gasteiger partial charge on any atom is -0.477 e. The molecule has 1 amide bonds. The van der Waals surface area contributed by atoms with Gasteiger partial charge in [-0.2, -0.15) is 0 Å². The molecule has 0 saturated heterocycles. The molecule has 2 aromatic rings. The number of thiophene rings is 1. The summed E-state index contributed by atoms with van der Waals surface area (Å²) in [7, 11) is 0. The van der Waals surface area contributed by atoms with E-state index in [1.54, 1.807) is 6.07 Å². The average Bonchev–Trinajstić information content (AvgIpc) is 3.17. The van der Waals surface area contributed by atoms with Crippen LogP contribution in [0.1, 0.15) is 50.1 Å². The molecule has 0 aliphatic heterocycles. The van der Waals surface area contributed by atoms with Crippen molar-refractivity contribution in [1.29, 1.82) is 0 Å². The molecule has 5 heteroatoms. The maximum absolute atomic E-state index is 12.3. The summed E-state index contributed by atoms with van der Waals surface area (Å²) in [5, 5.41) is 12.0. The molecule has 1 fully saturated rings. The van der Waals surface area contributed by atoms with E-state index in [-0.39, 0.29) is 16.8 Å². The van der Waals surface area contributed by atoms with Gasteiger partial charge in [0.2, 0.25) is 0 Å². The number of benzene rings is 1. The Balaban J connectivity index is 1.71. The Labute approximate surface area is 132 Å². The smallest absolute Gasteiger partial charge is 0.345 e. The molecule has 1 aliphatic rings. The van der Waals surface area contributed by atoms with Gasteiger partial charge in [-0.1, -0.05) is 36.8 Å². The molecule has 0 spiro atoms. The zero-order valence-corrected chi connectivity index (χ0v) is 12.8. The Kier molecular flexibility index (Phi) is 4.24. The number of rotatable bonds is 4. The molecule has 2 N–H and O–H groups in total. The van der Waals surface area contributed by atoms with Crippen LogP contribution < -0.4 is 5.32 Å². The quantitative estimate of drug-likeness (QED) is 0.907. The predicted octanol–water partition coefficient (Wildman–Crippen LogP) is 3.51. The molecule has 0 radical (unpaired) electrons. The normalized spacial score (nSPS) is 20.7. The van der Waals surface area contributed by atoms with Crippen LogP contribution in [-0.2, 0) is 0 Å². The molecule has 3 rings (SSSR count). The number of hydrogen-bond acceptors (Lipinski definition) is 3. The van der Waals surface area contributed by atoms with E-state index in [9.17, 15) is 9.59 Å². The van der Waals surface area contributed by atoms with Gasteiger partial charge in [-0.05, 0) is 30.5 Å². The minimum absolute atomic E-state index is 0.116. The zero-order valence-electron chi connectivity index (χ0n) is 12.0. The van der Waals surface area contributed by atoms with Gasteiger partial charge in [-0.3, -0.25) is 4.79 Å². The fourth-order valence-corrected chi connectivity index (χ4v) is 3.79. The van der Waals surface area contributed by atoms with Crippen molar-refractivity contribution in [3.05, 3.63) is 57.8 Å². The largest absolute Gasteiger partial charge is 0.477 e. The lowest BCUT2D eigenvalue weighted by atomic mass is 9.94. The topological polar surface area (TPSA) is 66.4 Å². The molecule has 2 atom stereocenters. The van der Waals surface area contributed by atoms with Gasteiger partial charge in [-0.25, -0.2) is 4.79 Å². The van der Waals surface area contributed by atoms with Gasteiger partial charge in [-0.15, -0.1) is 11.3 Å². The van der Waals surface area contributed by atoms with Crippen molar-refractivity contribution in [2.24, 2.45) is 0 Å². The minimum atomic E-state index is -0.993. The molecule has 1 heterocycles. The zero-order chi connectivity index (χ0) is 15.5. The average molecular weight is 315 g/mol. The SMILES string of the molecule is O=C(O)c1ccc(C(=O)N[C@@H]2CCC[C@H]2c2ccccc2)s1. The first-order valence-electron chi connectivity index (χ1n) is 7.34. The second kappa shape index (κ2) is 6.32. The number of aromatic carboxylic acids is 1. The molecule has 22 heavy (non-hydrogen) atoms. The Hall–Kier alpha value is -2.14. The summed E-state index contributed by atoms with van der Waals surface area (Å²) >= 11 is 1.02. The van der Waals surface area contributed by atoms with Crippen LogP contribution in [0.3, 0.4) is 0 Å². The van der Waals surface area contributed by atoms with E-state index in [0.29, 0.717) is 10.8 Å². The van der Waals surface area contributed by atoms with Crippen molar-refractivity contribution in [3.8, 4) is 0 Å². The van der Waals surface area contributed by atoms with Gasteiger partial charge in [0.05, 0.1) is 4.88 Å². The lowest BCUT2D eigenvalue weighted by Crippen LogP contribution is -2.36. The van der Waals surface area contributed by atoms with Gasteiger partial charge in [0.15, 0.2) is 0 Å². The monoisotopic (exact) mass is 315 g/mol. The van der Waals surface area contributed by atoms with Crippen molar-refractivity contribution >= 4 is 23.2 Å². The van der Waals surface area contributed by atoms with Gasteiger partial charge in [0.1, 0.15) is 4.88 Å². The van der Waals surface area contributed by atoms with Gasteiger partial charge >= 0.3 is 5.97 Å². The van der Waals surface area contributed by atoms with E-state index in [1.165, 1.54) is 11.6 Å². The fourth-order valence-electron chi connectivity index (χ4n) is 3.05. The summed E-state index contributed by atoms with van der Waals surface area (Å²) in [6, 6.07) is 13.4. The third-order valence-electron chi connectivity index (χ3n) is 4.10. The highest BCUT2D eigenvalue weighted by Crippen LogP contribution is 2.34. The van der Waals surface area contributed by atoms with Gasteiger partial charge in [0, 0.05) is 12.0 Å². The molecule has 4 nitrogen and oxygen atoms in total. The highest BCUT2D eigenvalue weighted by molar-refractivity contribution is 7.15. The van der Waals surface area contributed by atoms with Crippen LogP contribution in [0.5, 0.6) is 0 Å².